The molecule has 1 aliphatic rings. The van der Waals surface area contributed by atoms with Crippen molar-refractivity contribution < 1.29 is 4.39 Å². The summed E-state index contributed by atoms with van der Waals surface area (Å²) in [7, 11) is 0. The van der Waals surface area contributed by atoms with Crippen molar-refractivity contribution >= 4 is 11.8 Å². The van der Waals surface area contributed by atoms with Crippen LogP contribution in [0.4, 0.5) is 4.39 Å². The van der Waals surface area contributed by atoms with E-state index >= 15 is 0 Å². The standard InChI is InChI=1S/C15H22FNS/c1-11(12-6-4-5-7-13(12)16)17-14-10-18-9-8-15(14,2)3/h4-7,11,14,17H,8-10H2,1-3H3/t11-,14?/m1/s1. The van der Waals surface area contributed by atoms with Gasteiger partial charge in [0.05, 0.1) is 0 Å². The van der Waals surface area contributed by atoms with E-state index in [2.05, 4.69) is 19.2 Å². The largest absolute Gasteiger partial charge is 0.306 e. The lowest BCUT2D eigenvalue weighted by atomic mass is 9.81. The predicted molar refractivity (Wildman–Crippen MR) is 77.5 cm³/mol. The summed E-state index contributed by atoms with van der Waals surface area (Å²) in [5, 5.41) is 3.61. The van der Waals surface area contributed by atoms with Gasteiger partial charge in [-0.3, -0.25) is 0 Å². The van der Waals surface area contributed by atoms with Gasteiger partial charge in [0.15, 0.2) is 0 Å². The number of nitrogens with one attached hydrogen (secondary N) is 1. The summed E-state index contributed by atoms with van der Waals surface area (Å²) >= 11 is 1.99. The Morgan fingerprint density at radius 2 is 2.11 bits per heavy atom. The van der Waals surface area contributed by atoms with Gasteiger partial charge in [0.1, 0.15) is 5.82 Å². The van der Waals surface area contributed by atoms with E-state index in [4.69, 9.17) is 0 Å². The summed E-state index contributed by atoms with van der Waals surface area (Å²) in [6, 6.07) is 7.56. The molecule has 0 spiro atoms. The molecule has 1 aliphatic heterocycles. The summed E-state index contributed by atoms with van der Waals surface area (Å²) in [5.74, 6) is 2.24. The van der Waals surface area contributed by atoms with Crippen LogP contribution in [0.25, 0.3) is 0 Å². The lowest BCUT2D eigenvalue weighted by Gasteiger charge is -2.40. The summed E-state index contributed by atoms with van der Waals surface area (Å²) < 4.78 is 13.7. The topological polar surface area (TPSA) is 12.0 Å². The van der Waals surface area contributed by atoms with Crippen molar-refractivity contribution in [3.8, 4) is 0 Å². The van der Waals surface area contributed by atoms with Crippen LogP contribution in [0.3, 0.4) is 0 Å². The maximum Gasteiger partial charge on any atom is 0.127 e. The molecule has 1 saturated heterocycles. The third-order valence-corrected chi connectivity index (χ3v) is 5.00. The van der Waals surface area contributed by atoms with Gasteiger partial charge in [-0.25, -0.2) is 4.39 Å². The van der Waals surface area contributed by atoms with Gasteiger partial charge in [-0.2, -0.15) is 11.8 Å². The smallest absolute Gasteiger partial charge is 0.127 e. The number of benzene rings is 1. The number of halogens is 1. The molecule has 0 aliphatic carbocycles. The van der Waals surface area contributed by atoms with Gasteiger partial charge >= 0.3 is 0 Å². The zero-order chi connectivity index (χ0) is 13.2. The lowest BCUT2D eigenvalue weighted by Crippen LogP contribution is -2.47. The second-order valence-corrected chi connectivity index (χ2v) is 6.93. The zero-order valence-electron chi connectivity index (χ0n) is 11.4. The minimum atomic E-state index is -0.112. The molecular formula is C15H22FNS. The monoisotopic (exact) mass is 267 g/mol. The Bertz CT molecular complexity index is 405. The van der Waals surface area contributed by atoms with Crippen LogP contribution in [0.2, 0.25) is 0 Å². The molecule has 0 bridgehead atoms. The van der Waals surface area contributed by atoms with Crippen LogP contribution in [0.1, 0.15) is 38.8 Å². The van der Waals surface area contributed by atoms with E-state index in [0.717, 1.165) is 11.3 Å². The molecule has 1 heterocycles. The van der Waals surface area contributed by atoms with Crippen molar-refractivity contribution in [3.05, 3.63) is 35.6 Å². The molecule has 0 amide bonds. The molecule has 1 aromatic carbocycles. The van der Waals surface area contributed by atoms with Crippen LogP contribution in [0.15, 0.2) is 24.3 Å². The van der Waals surface area contributed by atoms with Gasteiger partial charge < -0.3 is 5.32 Å². The molecule has 3 heteroatoms. The van der Waals surface area contributed by atoms with Crippen LogP contribution >= 0.6 is 11.8 Å². The van der Waals surface area contributed by atoms with Crippen LogP contribution in [0, 0.1) is 11.2 Å². The van der Waals surface area contributed by atoms with Crippen LogP contribution in [-0.4, -0.2) is 17.5 Å². The molecule has 2 atom stereocenters. The van der Waals surface area contributed by atoms with E-state index in [-0.39, 0.29) is 11.9 Å². The van der Waals surface area contributed by atoms with Gasteiger partial charge in [-0.05, 0) is 30.6 Å². The zero-order valence-corrected chi connectivity index (χ0v) is 12.2. The molecule has 0 aromatic heterocycles. The fraction of sp³-hybridized carbons (Fsp3) is 0.600. The summed E-state index contributed by atoms with van der Waals surface area (Å²) in [6.45, 7) is 6.66. The molecule has 1 fully saturated rings. The maximum atomic E-state index is 13.7. The molecule has 2 rings (SSSR count). The fourth-order valence-corrected chi connectivity index (χ4v) is 4.05. The van der Waals surface area contributed by atoms with Gasteiger partial charge in [-0.1, -0.05) is 32.0 Å². The Morgan fingerprint density at radius 1 is 1.39 bits per heavy atom. The first-order chi connectivity index (χ1) is 8.50. The van der Waals surface area contributed by atoms with E-state index in [1.54, 1.807) is 6.07 Å². The third kappa shape index (κ3) is 3.07. The molecule has 1 aromatic rings. The lowest BCUT2D eigenvalue weighted by molar-refractivity contribution is 0.231. The highest BCUT2D eigenvalue weighted by Gasteiger charge is 2.33. The molecule has 18 heavy (non-hydrogen) atoms. The SMILES string of the molecule is C[C@@H](NC1CSCCC1(C)C)c1ccccc1F. The molecule has 1 nitrogen and oxygen atoms in total. The minimum Gasteiger partial charge on any atom is -0.306 e. The van der Waals surface area contributed by atoms with Gasteiger partial charge in [-0.15, -0.1) is 0 Å². The Kier molecular flexibility index (Phi) is 4.33. The van der Waals surface area contributed by atoms with Crippen LogP contribution in [-0.2, 0) is 0 Å². The quantitative estimate of drug-likeness (QED) is 0.888. The molecule has 1 unspecified atom stereocenters. The van der Waals surface area contributed by atoms with Crippen molar-refractivity contribution in [1.29, 1.82) is 0 Å². The molecule has 1 N–H and O–H groups in total. The molecular weight excluding hydrogens is 245 g/mol. The Hall–Kier alpha value is -0.540. The number of hydrogen-bond donors (Lipinski definition) is 1. The maximum absolute atomic E-state index is 13.7. The average Bonchev–Trinajstić information content (AvgIpc) is 2.32. The van der Waals surface area contributed by atoms with E-state index in [1.165, 1.54) is 18.2 Å². The van der Waals surface area contributed by atoms with Crippen molar-refractivity contribution in [2.45, 2.75) is 39.3 Å². The summed E-state index contributed by atoms with van der Waals surface area (Å²) in [6.07, 6.45) is 1.22. The van der Waals surface area contributed by atoms with Crippen molar-refractivity contribution in [2.75, 3.05) is 11.5 Å². The second kappa shape index (κ2) is 5.62. The highest BCUT2D eigenvalue weighted by Crippen LogP contribution is 2.35. The van der Waals surface area contributed by atoms with Crippen molar-refractivity contribution in [1.82, 2.24) is 5.32 Å². The second-order valence-electron chi connectivity index (χ2n) is 5.78. The average molecular weight is 267 g/mol. The van der Waals surface area contributed by atoms with Crippen molar-refractivity contribution in [2.24, 2.45) is 5.41 Å². The van der Waals surface area contributed by atoms with E-state index in [1.807, 2.05) is 30.8 Å². The highest BCUT2D eigenvalue weighted by atomic mass is 32.2. The minimum absolute atomic E-state index is 0.0641. The Balaban J connectivity index is 2.07. The van der Waals surface area contributed by atoms with Crippen LogP contribution in [0.5, 0.6) is 0 Å². The first-order valence-electron chi connectivity index (χ1n) is 6.59. The predicted octanol–water partition coefficient (Wildman–Crippen LogP) is 4.01. The van der Waals surface area contributed by atoms with E-state index in [0.29, 0.717) is 11.5 Å². The first-order valence-corrected chi connectivity index (χ1v) is 7.74. The third-order valence-electron chi connectivity index (χ3n) is 3.94. The summed E-state index contributed by atoms with van der Waals surface area (Å²) in [5.41, 5.74) is 1.06. The van der Waals surface area contributed by atoms with Crippen LogP contribution < -0.4 is 5.32 Å². The van der Waals surface area contributed by atoms with E-state index < -0.39 is 0 Å². The van der Waals surface area contributed by atoms with Gasteiger partial charge in [0.2, 0.25) is 0 Å². The van der Waals surface area contributed by atoms with Gasteiger partial charge in [0.25, 0.3) is 0 Å². The first kappa shape index (κ1) is 13.9. The molecule has 100 valence electrons. The Labute approximate surface area is 114 Å². The fourth-order valence-electron chi connectivity index (χ4n) is 2.43. The normalized spacial score (nSPS) is 24.8. The summed E-state index contributed by atoms with van der Waals surface area (Å²) in [4.78, 5) is 0. The van der Waals surface area contributed by atoms with Crippen molar-refractivity contribution in [3.63, 3.8) is 0 Å². The Morgan fingerprint density at radius 3 is 2.78 bits per heavy atom. The molecule has 0 radical (unpaired) electrons. The van der Waals surface area contributed by atoms with E-state index in [9.17, 15) is 4.39 Å². The van der Waals surface area contributed by atoms with Gasteiger partial charge in [0, 0.05) is 23.4 Å². The molecule has 0 saturated carbocycles. The number of rotatable bonds is 3. The number of hydrogen-bond acceptors (Lipinski definition) is 2. The highest BCUT2D eigenvalue weighted by molar-refractivity contribution is 7.99. The number of thioether (sulfide) groups is 1.